The number of esters is 1. The van der Waals surface area contributed by atoms with Crippen molar-refractivity contribution in [3.8, 4) is 11.3 Å². The molecule has 1 spiro atoms. The van der Waals surface area contributed by atoms with E-state index in [2.05, 4.69) is 23.2 Å². The van der Waals surface area contributed by atoms with Crippen molar-refractivity contribution in [2.75, 3.05) is 23.9 Å². The minimum atomic E-state index is -0.788. The zero-order valence-electron chi connectivity index (χ0n) is 17.2. The van der Waals surface area contributed by atoms with Crippen LogP contribution < -0.4 is 10.2 Å². The summed E-state index contributed by atoms with van der Waals surface area (Å²) in [6.45, 7) is 3.20. The van der Waals surface area contributed by atoms with Gasteiger partial charge in [0.25, 0.3) is 0 Å². The first kappa shape index (κ1) is 17.9. The largest absolute Gasteiger partial charge is 0.469 e. The van der Waals surface area contributed by atoms with Crippen LogP contribution in [-0.4, -0.2) is 41.5 Å². The van der Waals surface area contributed by atoms with Gasteiger partial charge in [-0.1, -0.05) is 6.07 Å². The van der Waals surface area contributed by atoms with Crippen molar-refractivity contribution in [1.29, 1.82) is 0 Å². The van der Waals surface area contributed by atoms with Gasteiger partial charge >= 0.3 is 5.97 Å². The highest BCUT2D eigenvalue weighted by Crippen LogP contribution is 2.60. The number of nitrogens with zero attached hydrogens (tertiary/aromatic N) is 3. The van der Waals surface area contributed by atoms with E-state index in [4.69, 9.17) is 14.7 Å². The Labute approximate surface area is 174 Å². The molecule has 2 aliphatic carbocycles. The molecular weight excluding hydrogens is 380 g/mol. The normalized spacial score (nSPS) is 28.1. The van der Waals surface area contributed by atoms with Crippen LogP contribution >= 0.6 is 0 Å². The Kier molecular flexibility index (Phi) is 3.59. The van der Waals surface area contributed by atoms with E-state index in [9.17, 15) is 9.59 Å². The smallest absolute Gasteiger partial charge is 0.310 e. The second-order valence-electron chi connectivity index (χ2n) is 8.95. The molecule has 1 saturated heterocycles. The first-order valence-corrected chi connectivity index (χ1v) is 10.7. The zero-order chi connectivity index (χ0) is 20.6. The first-order chi connectivity index (χ1) is 14.5. The SMILES string of the molecule is COC(=O)[C@H]1C[C@@]12C(=O)Nc1ccc(-c3nc(N4CC[C@@H]4C)nc4c3CCC4)cc12. The van der Waals surface area contributed by atoms with Crippen LogP contribution in [0.25, 0.3) is 11.3 Å². The molecule has 154 valence electrons. The maximum atomic E-state index is 12.8. The molecule has 1 aromatic carbocycles. The molecule has 1 saturated carbocycles. The highest BCUT2D eigenvalue weighted by atomic mass is 16.5. The topological polar surface area (TPSA) is 84.4 Å². The number of amides is 1. The number of aryl methyl sites for hydroxylation is 1. The maximum Gasteiger partial charge on any atom is 0.310 e. The van der Waals surface area contributed by atoms with E-state index in [1.54, 1.807) is 0 Å². The molecule has 4 aliphatic rings. The van der Waals surface area contributed by atoms with Gasteiger partial charge in [-0.2, -0.15) is 0 Å². The van der Waals surface area contributed by atoms with Crippen LogP contribution in [0.1, 0.15) is 43.0 Å². The van der Waals surface area contributed by atoms with E-state index in [1.807, 2.05) is 12.1 Å². The number of carbonyl (C=O) groups excluding carboxylic acids is 2. The lowest BCUT2D eigenvalue weighted by atomic mass is 9.92. The minimum Gasteiger partial charge on any atom is -0.469 e. The number of benzene rings is 1. The van der Waals surface area contributed by atoms with Crippen molar-refractivity contribution in [3.63, 3.8) is 0 Å². The van der Waals surface area contributed by atoms with Gasteiger partial charge in [0, 0.05) is 35.1 Å². The molecule has 2 aliphatic heterocycles. The maximum absolute atomic E-state index is 12.8. The molecular formula is C23H24N4O3. The van der Waals surface area contributed by atoms with Gasteiger partial charge in [0.05, 0.1) is 24.1 Å². The first-order valence-electron chi connectivity index (χ1n) is 10.7. The number of methoxy groups -OCH3 is 1. The molecule has 0 bridgehead atoms. The predicted octanol–water partition coefficient (Wildman–Crippen LogP) is 2.61. The van der Waals surface area contributed by atoms with Gasteiger partial charge in [0.1, 0.15) is 0 Å². The zero-order valence-corrected chi connectivity index (χ0v) is 17.2. The molecule has 7 heteroatoms. The number of aromatic nitrogens is 2. The third-order valence-electron chi connectivity index (χ3n) is 7.37. The minimum absolute atomic E-state index is 0.104. The molecule has 0 unspecified atom stereocenters. The Balaban J connectivity index is 1.46. The molecule has 2 aromatic rings. The average Bonchev–Trinajstić information content (AvgIpc) is 3.21. The fraction of sp³-hybridized carbons (Fsp3) is 0.478. The van der Waals surface area contributed by atoms with Crippen LogP contribution in [0.15, 0.2) is 18.2 Å². The highest BCUT2D eigenvalue weighted by molar-refractivity contribution is 6.12. The van der Waals surface area contributed by atoms with E-state index in [1.165, 1.54) is 19.1 Å². The number of fused-ring (bicyclic) bond motifs is 3. The lowest BCUT2D eigenvalue weighted by molar-refractivity contribution is -0.143. The molecule has 1 aromatic heterocycles. The summed E-state index contributed by atoms with van der Waals surface area (Å²) in [4.78, 5) is 37.0. The second-order valence-corrected chi connectivity index (χ2v) is 8.95. The second kappa shape index (κ2) is 6.03. The summed E-state index contributed by atoms with van der Waals surface area (Å²) in [5.74, 6) is -0.0197. The van der Waals surface area contributed by atoms with Crippen molar-refractivity contribution >= 4 is 23.5 Å². The Morgan fingerprint density at radius 3 is 2.90 bits per heavy atom. The molecule has 1 amide bonds. The van der Waals surface area contributed by atoms with Crippen LogP contribution in [0.5, 0.6) is 0 Å². The Bertz CT molecular complexity index is 1110. The molecule has 3 atom stereocenters. The summed E-state index contributed by atoms with van der Waals surface area (Å²) in [5, 5.41) is 2.96. The Morgan fingerprint density at radius 1 is 1.30 bits per heavy atom. The molecule has 0 radical (unpaired) electrons. The van der Waals surface area contributed by atoms with Gasteiger partial charge < -0.3 is 15.0 Å². The number of carbonyl (C=O) groups is 2. The fourth-order valence-corrected chi connectivity index (χ4v) is 5.36. The quantitative estimate of drug-likeness (QED) is 0.792. The van der Waals surface area contributed by atoms with Crippen LogP contribution in [0.4, 0.5) is 11.6 Å². The number of anilines is 2. The molecule has 7 nitrogen and oxygen atoms in total. The van der Waals surface area contributed by atoms with Crippen molar-refractivity contribution in [1.82, 2.24) is 9.97 Å². The van der Waals surface area contributed by atoms with Gasteiger partial charge in [-0.15, -0.1) is 0 Å². The number of hydrogen-bond donors (Lipinski definition) is 1. The molecule has 30 heavy (non-hydrogen) atoms. The summed E-state index contributed by atoms with van der Waals surface area (Å²) < 4.78 is 4.93. The molecule has 2 fully saturated rings. The highest BCUT2D eigenvalue weighted by Gasteiger charge is 2.68. The number of rotatable bonds is 3. The predicted molar refractivity (Wildman–Crippen MR) is 111 cm³/mol. The number of nitrogens with one attached hydrogen (secondary N) is 1. The van der Waals surface area contributed by atoms with E-state index >= 15 is 0 Å². The molecule has 6 rings (SSSR count). The molecule has 3 heterocycles. The van der Waals surface area contributed by atoms with E-state index in [0.29, 0.717) is 12.5 Å². The van der Waals surface area contributed by atoms with E-state index in [-0.39, 0.29) is 11.9 Å². The van der Waals surface area contributed by atoms with Crippen molar-refractivity contribution < 1.29 is 14.3 Å². The van der Waals surface area contributed by atoms with Gasteiger partial charge in [0.2, 0.25) is 11.9 Å². The van der Waals surface area contributed by atoms with Crippen molar-refractivity contribution in [2.24, 2.45) is 5.92 Å². The lowest BCUT2D eigenvalue weighted by Crippen LogP contribution is -2.46. The summed E-state index contributed by atoms with van der Waals surface area (Å²) in [6, 6.07) is 6.49. The monoisotopic (exact) mass is 404 g/mol. The van der Waals surface area contributed by atoms with Crippen molar-refractivity contribution in [3.05, 3.63) is 35.0 Å². The number of ether oxygens (including phenoxy) is 1. The standard InChI is InChI=1S/C23H24N4O3/c1-12-8-9-27(12)22-25-17-5-3-4-14(17)19(26-22)13-6-7-18-15(10-13)23(21(29)24-18)11-16(23)20(28)30-2/h6-7,10,12,16H,3-5,8-9,11H2,1-2H3,(H,24,29)/t12-,16+,23-/m0/s1. The Morgan fingerprint density at radius 2 is 2.17 bits per heavy atom. The molecule has 1 N–H and O–H groups in total. The van der Waals surface area contributed by atoms with E-state index < -0.39 is 11.3 Å². The number of hydrogen-bond acceptors (Lipinski definition) is 6. The van der Waals surface area contributed by atoms with Gasteiger partial charge in [-0.3, -0.25) is 9.59 Å². The van der Waals surface area contributed by atoms with Crippen LogP contribution in [-0.2, 0) is 32.6 Å². The van der Waals surface area contributed by atoms with Crippen LogP contribution in [0.2, 0.25) is 0 Å². The summed E-state index contributed by atoms with van der Waals surface area (Å²) in [7, 11) is 1.38. The lowest BCUT2D eigenvalue weighted by Gasteiger charge is -2.39. The Hall–Kier alpha value is -2.96. The van der Waals surface area contributed by atoms with Gasteiger partial charge in [-0.25, -0.2) is 9.97 Å². The summed E-state index contributed by atoms with van der Waals surface area (Å²) in [6.07, 6.45) is 4.72. The van der Waals surface area contributed by atoms with Crippen molar-refractivity contribution in [2.45, 2.75) is 50.5 Å². The summed E-state index contributed by atoms with van der Waals surface area (Å²) >= 11 is 0. The average molecular weight is 404 g/mol. The fourth-order valence-electron chi connectivity index (χ4n) is 5.36. The third kappa shape index (κ3) is 2.26. The van der Waals surface area contributed by atoms with Gasteiger partial charge in [-0.05, 0) is 56.7 Å². The van der Waals surface area contributed by atoms with E-state index in [0.717, 1.165) is 60.0 Å². The summed E-state index contributed by atoms with van der Waals surface area (Å²) in [5.41, 5.74) is 5.23. The third-order valence-corrected chi connectivity index (χ3v) is 7.37. The van der Waals surface area contributed by atoms with Gasteiger partial charge in [0.15, 0.2) is 0 Å². The van der Waals surface area contributed by atoms with Crippen LogP contribution in [0.3, 0.4) is 0 Å². The van der Waals surface area contributed by atoms with Crippen LogP contribution in [0, 0.1) is 5.92 Å².